The fourth-order valence-corrected chi connectivity index (χ4v) is 3.29. The molecule has 1 saturated heterocycles. The summed E-state index contributed by atoms with van der Waals surface area (Å²) in [4.78, 5) is 0. The third kappa shape index (κ3) is 2.69. The summed E-state index contributed by atoms with van der Waals surface area (Å²) < 4.78 is 5.73. The van der Waals surface area contributed by atoms with Gasteiger partial charge in [0.25, 0.3) is 0 Å². The maximum atomic E-state index is 5.73. The van der Waals surface area contributed by atoms with Gasteiger partial charge in [0.05, 0.1) is 6.61 Å². The van der Waals surface area contributed by atoms with E-state index in [2.05, 4.69) is 29.6 Å². The fourth-order valence-electron chi connectivity index (χ4n) is 3.29. The van der Waals surface area contributed by atoms with Crippen molar-refractivity contribution in [3.05, 3.63) is 29.8 Å². The number of hydrogen-bond donors (Lipinski definition) is 1. The van der Waals surface area contributed by atoms with Gasteiger partial charge >= 0.3 is 0 Å². The molecule has 2 aliphatic rings. The molecule has 0 spiro atoms. The topological polar surface area (TPSA) is 21.3 Å². The Balaban J connectivity index is 1.60. The minimum absolute atomic E-state index is 0.707. The average molecular weight is 245 g/mol. The zero-order valence-corrected chi connectivity index (χ0v) is 11.0. The molecule has 0 bridgehead atoms. The Morgan fingerprint density at radius 2 is 2.06 bits per heavy atom. The van der Waals surface area contributed by atoms with Crippen molar-refractivity contribution in [2.45, 2.75) is 50.5 Å². The third-order valence-electron chi connectivity index (χ3n) is 4.36. The molecule has 1 aromatic carbocycles. The fraction of sp³-hybridized carbons (Fsp3) is 0.625. The summed E-state index contributed by atoms with van der Waals surface area (Å²) in [6.07, 6.45) is 7.93. The van der Waals surface area contributed by atoms with E-state index in [9.17, 15) is 0 Å². The molecule has 1 aromatic rings. The highest BCUT2D eigenvalue weighted by atomic mass is 16.5. The number of fused-ring (bicyclic) bond motifs is 1. The predicted octanol–water partition coefficient (Wildman–Crippen LogP) is 3.48. The number of ether oxygens (including phenoxy) is 1. The van der Waals surface area contributed by atoms with Crippen molar-refractivity contribution in [1.82, 2.24) is 5.32 Å². The molecule has 2 atom stereocenters. The molecule has 2 unspecified atom stereocenters. The Morgan fingerprint density at radius 3 is 2.94 bits per heavy atom. The van der Waals surface area contributed by atoms with Crippen LogP contribution < -0.4 is 10.1 Å². The summed E-state index contributed by atoms with van der Waals surface area (Å²) in [5.74, 6) is 1.82. The van der Waals surface area contributed by atoms with Crippen LogP contribution in [0.3, 0.4) is 0 Å². The third-order valence-corrected chi connectivity index (χ3v) is 4.36. The normalized spacial score (nSPS) is 27.3. The monoisotopic (exact) mass is 245 g/mol. The smallest absolute Gasteiger partial charge is 0.122 e. The van der Waals surface area contributed by atoms with Gasteiger partial charge in [-0.05, 0) is 56.2 Å². The molecular weight excluding hydrogens is 222 g/mol. The van der Waals surface area contributed by atoms with Crippen molar-refractivity contribution in [2.24, 2.45) is 0 Å². The van der Waals surface area contributed by atoms with Crippen LogP contribution in [0.25, 0.3) is 0 Å². The van der Waals surface area contributed by atoms with Gasteiger partial charge < -0.3 is 10.1 Å². The SMILES string of the molecule is c1ccc2c(c1)OCCC2CCC1CCCCN1. The van der Waals surface area contributed by atoms with Crippen molar-refractivity contribution >= 4 is 0 Å². The van der Waals surface area contributed by atoms with E-state index in [1.165, 1.54) is 50.6 Å². The molecule has 18 heavy (non-hydrogen) atoms. The molecule has 2 nitrogen and oxygen atoms in total. The quantitative estimate of drug-likeness (QED) is 0.880. The van der Waals surface area contributed by atoms with Gasteiger partial charge in [-0.2, -0.15) is 0 Å². The van der Waals surface area contributed by atoms with Crippen LogP contribution in [-0.4, -0.2) is 19.2 Å². The largest absolute Gasteiger partial charge is 0.493 e. The van der Waals surface area contributed by atoms with E-state index in [1.807, 2.05) is 0 Å². The van der Waals surface area contributed by atoms with E-state index < -0.39 is 0 Å². The summed E-state index contributed by atoms with van der Waals surface area (Å²) >= 11 is 0. The van der Waals surface area contributed by atoms with Crippen molar-refractivity contribution in [3.8, 4) is 5.75 Å². The lowest BCUT2D eigenvalue weighted by atomic mass is 9.86. The van der Waals surface area contributed by atoms with Gasteiger partial charge in [-0.25, -0.2) is 0 Å². The van der Waals surface area contributed by atoms with Gasteiger partial charge in [-0.3, -0.25) is 0 Å². The van der Waals surface area contributed by atoms with E-state index in [4.69, 9.17) is 4.74 Å². The molecule has 98 valence electrons. The van der Waals surface area contributed by atoms with E-state index >= 15 is 0 Å². The van der Waals surface area contributed by atoms with Crippen molar-refractivity contribution < 1.29 is 4.74 Å². The van der Waals surface area contributed by atoms with Crippen LogP contribution in [0.15, 0.2) is 24.3 Å². The van der Waals surface area contributed by atoms with Crippen LogP contribution in [0.1, 0.15) is 50.0 Å². The summed E-state index contributed by atoms with van der Waals surface area (Å²) in [6, 6.07) is 9.32. The van der Waals surface area contributed by atoms with Gasteiger partial charge in [0.15, 0.2) is 0 Å². The molecule has 0 saturated carbocycles. The first-order valence-corrected chi connectivity index (χ1v) is 7.38. The van der Waals surface area contributed by atoms with E-state index in [1.54, 1.807) is 0 Å². The molecular formula is C16H23NO. The minimum atomic E-state index is 0.707. The maximum absolute atomic E-state index is 5.73. The van der Waals surface area contributed by atoms with Crippen LogP contribution in [0, 0.1) is 0 Å². The number of rotatable bonds is 3. The average Bonchev–Trinajstić information content (AvgIpc) is 2.46. The Labute approximate surface area is 110 Å². The highest BCUT2D eigenvalue weighted by Crippen LogP contribution is 2.36. The first-order valence-electron chi connectivity index (χ1n) is 7.38. The minimum Gasteiger partial charge on any atom is -0.493 e. The molecule has 0 amide bonds. The van der Waals surface area contributed by atoms with Gasteiger partial charge in [-0.15, -0.1) is 0 Å². The van der Waals surface area contributed by atoms with E-state index in [0.29, 0.717) is 5.92 Å². The van der Waals surface area contributed by atoms with E-state index in [-0.39, 0.29) is 0 Å². The van der Waals surface area contributed by atoms with Gasteiger partial charge in [0, 0.05) is 6.04 Å². The summed E-state index contributed by atoms with van der Waals surface area (Å²) in [7, 11) is 0. The van der Waals surface area contributed by atoms with E-state index in [0.717, 1.165) is 18.4 Å². The molecule has 2 heterocycles. The molecule has 1 N–H and O–H groups in total. The molecule has 0 radical (unpaired) electrons. The van der Waals surface area contributed by atoms with Gasteiger partial charge in [-0.1, -0.05) is 24.6 Å². The molecule has 3 rings (SSSR count). The Bertz CT molecular complexity index is 384. The summed E-state index contributed by atoms with van der Waals surface area (Å²) in [5.41, 5.74) is 1.43. The second-order valence-corrected chi connectivity index (χ2v) is 5.60. The zero-order valence-electron chi connectivity index (χ0n) is 11.0. The zero-order chi connectivity index (χ0) is 12.2. The first kappa shape index (κ1) is 12.0. The molecule has 0 aromatic heterocycles. The molecule has 1 fully saturated rings. The molecule has 0 aliphatic carbocycles. The molecule has 2 heteroatoms. The number of para-hydroxylation sites is 1. The van der Waals surface area contributed by atoms with Gasteiger partial charge in [0.2, 0.25) is 0 Å². The highest BCUT2D eigenvalue weighted by Gasteiger charge is 2.22. The van der Waals surface area contributed by atoms with Crippen LogP contribution >= 0.6 is 0 Å². The Morgan fingerprint density at radius 1 is 1.11 bits per heavy atom. The van der Waals surface area contributed by atoms with Crippen LogP contribution in [-0.2, 0) is 0 Å². The number of benzene rings is 1. The first-order chi connectivity index (χ1) is 8.93. The lowest BCUT2D eigenvalue weighted by Gasteiger charge is -2.29. The predicted molar refractivity (Wildman–Crippen MR) is 74.2 cm³/mol. The van der Waals surface area contributed by atoms with Crippen LogP contribution in [0.5, 0.6) is 5.75 Å². The Kier molecular flexibility index (Phi) is 3.84. The lowest BCUT2D eigenvalue weighted by Crippen LogP contribution is -2.34. The number of piperidine rings is 1. The number of nitrogens with one attached hydrogen (secondary N) is 1. The van der Waals surface area contributed by atoms with Gasteiger partial charge in [0.1, 0.15) is 5.75 Å². The van der Waals surface area contributed by atoms with Crippen molar-refractivity contribution in [3.63, 3.8) is 0 Å². The number of hydrogen-bond acceptors (Lipinski definition) is 2. The standard InChI is InChI=1S/C16H23NO/c1-2-7-16-15(6-1)13(10-12-18-16)8-9-14-5-3-4-11-17-14/h1-2,6-7,13-14,17H,3-5,8-12H2. The highest BCUT2D eigenvalue weighted by molar-refractivity contribution is 5.37. The molecule has 2 aliphatic heterocycles. The van der Waals surface area contributed by atoms with Crippen molar-refractivity contribution in [1.29, 1.82) is 0 Å². The summed E-state index contributed by atoms with van der Waals surface area (Å²) in [6.45, 7) is 2.11. The van der Waals surface area contributed by atoms with Crippen molar-refractivity contribution in [2.75, 3.05) is 13.2 Å². The summed E-state index contributed by atoms with van der Waals surface area (Å²) in [5, 5.41) is 3.65. The Hall–Kier alpha value is -1.02. The van der Waals surface area contributed by atoms with Crippen LogP contribution in [0.4, 0.5) is 0 Å². The second-order valence-electron chi connectivity index (χ2n) is 5.60. The lowest BCUT2D eigenvalue weighted by molar-refractivity contribution is 0.256. The van der Waals surface area contributed by atoms with Crippen LogP contribution in [0.2, 0.25) is 0 Å². The second kappa shape index (κ2) is 5.75. The maximum Gasteiger partial charge on any atom is 0.122 e.